The van der Waals surface area contributed by atoms with Crippen LogP contribution in [0.2, 0.25) is 0 Å². The summed E-state index contributed by atoms with van der Waals surface area (Å²) in [5.74, 6) is -1.61. The van der Waals surface area contributed by atoms with Crippen LogP contribution in [0.25, 0.3) is 0 Å². The Morgan fingerprint density at radius 1 is 0.941 bits per heavy atom. The summed E-state index contributed by atoms with van der Waals surface area (Å²) in [6.45, 7) is 2.13. The van der Waals surface area contributed by atoms with Crippen molar-refractivity contribution in [3.8, 4) is 0 Å². The van der Waals surface area contributed by atoms with Crippen molar-refractivity contribution in [2.24, 2.45) is 0 Å². The Balaban J connectivity index is 2.07. The second-order valence-electron chi connectivity index (χ2n) is 4.17. The molecule has 3 rings (SSSR count). The number of aryl methyl sites for hydroxylation is 1. The van der Waals surface area contributed by atoms with E-state index in [2.05, 4.69) is 74.7 Å². The van der Waals surface area contributed by atoms with Gasteiger partial charge in [-0.3, -0.25) is 0 Å². The molecule has 86 valence electrons. The van der Waals surface area contributed by atoms with Crippen LogP contribution in [0, 0.1) is 6.92 Å². The molecule has 0 amide bonds. The van der Waals surface area contributed by atoms with E-state index in [1.54, 1.807) is 0 Å². The van der Waals surface area contributed by atoms with Crippen LogP contribution in [0.1, 0.15) is 5.56 Å². The number of anilines is 2. The average molecular weight is 307 g/mol. The third-order valence-corrected chi connectivity index (χ3v) is 7.54. The van der Waals surface area contributed by atoms with E-state index in [4.69, 9.17) is 0 Å². The molecule has 1 unspecified atom stereocenters. The SMILES string of the molecule is Cc1cccc2c1NP(=[Se])(c1ccccc1)N2. The zero-order valence-corrected chi connectivity index (χ0v) is 12.1. The van der Waals surface area contributed by atoms with E-state index in [1.165, 1.54) is 22.2 Å². The van der Waals surface area contributed by atoms with Crippen molar-refractivity contribution in [2.45, 2.75) is 6.92 Å². The van der Waals surface area contributed by atoms with Crippen molar-refractivity contribution in [3.05, 3.63) is 54.1 Å². The normalized spacial score (nSPS) is 21.5. The van der Waals surface area contributed by atoms with Crippen LogP contribution in [0.3, 0.4) is 0 Å². The second kappa shape index (κ2) is 4.03. The molecule has 2 aromatic rings. The Hall–Kier alpha value is -1.01. The summed E-state index contributed by atoms with van der Waals surface area (Å²) in [6, 6.07) is 16.9. The summed E-state index contributed by atoms with van der Waals surface area (Å²) in [4.78, 5) is 0. The number of benzene rings is 2. The van der Waals surface area contributed by atoms with Crippen LogP contribution in [0.4, 0.5) is 11.4 Å². The van der Waals surface area contributed by atoms with Gasteiger partial charge >= 0.3 is 109 Å². The third-order valence-electron chi connectivity index (χ3n) is 2.94. The Morgan fingerprint density at radius 2 is 1.71 bits per heavy atom. The molecule has 2 aromatic carbocycles. The van der Waals surface area contributed by atoms with Crippen LogP contribution >= 0.6 is 5.81 Å². The van der Waals surface area contributed by atoms with E-state index in [9.17, 15) is 0 Å². The monoisotopic (exact) mass is 308 g/mol. The minimum absolute atomic E-state index is 1.20. The Morgan fingerprint density at radius 3 is 2.41 bits per heavy atom. The van der Waals surface area contributed by atoms with Gasteiger partial charge in [-0.15, -0.1) is 0 Å². The first-order valence-electron chi connectivity index (χ1n) is 5.51. The fraction of sp³-hybridized carbons (Fsp3) is 0.0769. The molecule has 17 heavy (non-hydrogen) atoms. The molecule has 1 aliphatic heterocycles. The van der Waals surface area contributed by atoms with Crippen LogP contribution in [-0.2, 0) is 0 Å². The first-order chi connectivity index (χ1) is 8.19. The number of rotatable bonds is 1. The molecule has 0 radical (unpaired) electrons. The Labute approximate surface area is 109 Å². The summed E-state index contributed by atoms with van der Waals surface area (Å²) in [5.41, 5.74) is 3.70. The Kier molecular flexibility index (Phi) is 2.63. The molecule has 0 bridgehead atoms. The number of para-hydroxylation sites is 1. The maximum absolute atomic E-state index is 3.64. The molecule has 4 heteroatoms. The van der Waals surface area contributed by atoms with Crippen LogP contribution in [0.15, 0.2) is 48.5 Å². The van der Waals surface area contributed by atoms with E-state index < -0.39 is 5.81 Å². The summed E-state index contributed by atoms with van der Waals surface area (Å²) >= 11 is 3.33. The maximum atomic E-state index is 3.64. The number of nitrogens with one attached hydrogen (secondary N) is 2. The van der Waals surface area contributed by atoms with Crippen LogP contribution < -0.4 is 15.5 Å². The van der Waals surface area contributed by atoms with Gasteiger partial charge in [-0.1, -0.05) is 0 Å². The van der Waals surface area contributed by atoms with Crippen LogP contribution in [0.5, 0.6) is 0 Å². The molecule has 1 heterocycles. The first-order valence-corrected chi connectivity index (χ1v) is 9.51. The number of hydrogen-bond donors (Lipinski definition) is 2. The molecular weight excluding hydrogens is 294 g/mol. The molecule has 1 aliphatic rings. The van der Waals surface area contributed by atoms with Gasteiger partial charge < -0.3 is 0 Å². The molecule has 0 saturated heterocycles. The van der Waals surface area contributed by atoms with E-state index in [0.717, 1.165) is 0 Å². The quantitative estimate of drug-likeness (QED) is 0.625. The van der Waals surface area contributed by atoms with Gasteiger partial charge in [-0.05, 0) is 0 Å². The third kappa shape index (κ3) is 1.85. The van der Waals surface area contributed by atoms with E-state index >= 15 is 0 Å². The predicted octanol–water partition coefficient (Wildman–Crippen LogP) is 3.09. The molecule has 1 atom stereocenters. The summed E-state index contributed by atoms with van der Waals surface area (Å²) < 4.78 is 0. The van der Waals surface area contributed by atoms with Crippen molar-refractivity contribution in [2.75, 3.05) is 10.2 Å². The molecule has 0 fully saturated rings. The fourth-order valence-corrected chi connectivity index (χ4v) is 6.03. The zero-order chi connectivity index (χ0) is 11.9. The van der Waals surface area contributed by atoms with Gasteiger partial charge in [0, 0.05) is 0 Å². The van der Waals surface area contributed by atoms with E-state index in [-0.39, 0.29) is 0 Å². The van der Waals surface area contributed by atoms with Gasteiger partial charge in [-0.2, -0.15) is 0 Å². The number of hydrogen-bond acceptors (Lipinski definition) is 2. The predicted molar refractivity (Wildman–Crippen MR) is 77.2 cm³/mol. The van der Waals surface area contributed by atoms with Crippen molar-refractivity contribution < 1.29 is 0 Å². The second-order valence-corrected chi connectivity index (χ2v) is 9.80. The van der Waals surface area contributed by atoms with Crippen LogP contribution in [-0.4, -0.2) is 15.1 Å². The minimum atomic E-state index is -1.61. The van der Waals surface area contributed by atoms with Crippen molar-refractivity contribution in [1.82, 2.24) is 0 Å². The molecule has 0 spiro atoms. The topological polar surface area (TPSA) is 24.1 Å². The fourth-order valence-electron chi connectivity index (χ4n) is 2.03. The van der Waals surface area contributed by atoms with E-state index in [0.29, 0.717) is 0 Å². The molecule has 2 nitrogen and oxygen atoms in total. The van der Waals surface area contributed by atoms with Gasteiger partial charge in [-0.25, -0.2) is 0 Å². The first kappa shape index (κ1) is 11.1. The summed E-state index contributed by atoms with van der Waals surface area (Å²) in [6.07, 6.45) is 0. The summed E-state index contributed by atoms with van der Waals surface area (Å²) in [5, 5.41) is 8.55. The molecule has 2 N–H and O–H groups in total. The Bertz CT molecular complexity index is 610. The van der Waals surface area contributed by atoms with Crippen molar-refractivity contribution in [3.63, 3.8) is 0 Å². The van der Waals surface area contributed by atoms with Gasteiger partial charge in [0.1, 0.15) is 0 Å². The van der Waals surface area contributed by atoms with Gasteiger partial charge in [0.2, 0.25) is 0 Å². The van der Waals surface area contributed by atoms with Gasteiger partial charge in [0.05, 0.1) is 0 Å². The van der Waals surface area contributed by atoms with E-state index in [1.807, 2.05) is 6.07 Å². The molecule has 0 aromatic heterocycles. The zero-order valence-electron chi connectivity index (χ0n) is 9.47. The average Bonchev–Trinajstić information content (AvgIpc) is 2.70. The molecular formula is C13H13N2PSe. The van der Waals surface area contributed by atoms with Crippen molar-refractivity contribution >= 4 is 37.6 Å². The standard InChI is InChI=1S/C13H13N2PSe/c1-10-6-5-9-12-13(10)15-16(17,14-12)11-7-3-2-4-8-11/h2-9H,1H3,(H2,14,15,17). The molecule has 0 aliphatic carbocycles. The number of fused-ring (bicyclic) bond motifs is 1. The van der Waals surface area contributed by atoms with Gasteiger partial charge in [0.25, 0.3) is 0 Å². The van der Waals surface area contributed by atoms with Gasteiger partial charge in [0.15, 0.2) is 0 Å². The molecule has 0 saturated carbocycles. The summed E-state index contributed by atoms with van der Waals surface area (Å²) in [7, 11) is 0. The van der Waals surface area contributed by atoms with Crippen molar-refractivity contribution in [1.29, 1.82) is 0 Å².